The average molecular weight is 435 g/mol. The van der Waals surface area contributed by atoms with Crippen LogP contribution in [0.25, 0.3) is 10.8 Å². The first-order chi connectivity index (χ1) is 16.1. The number of hydrogen-bond donors (Lipinski definition) is 0. The average Bonchev–Trinajstić information content (AvgIpc) is 2.83. The quantitative estimate of drug-likeness (QED) is 0.229. The Morgan fingerprint density at radius 2 is 1.24 bits per heavy atom. The Morgan fingerprint density at radius 1 is 0.606 bits per heavy atom. The molecule has 0 saturated heterocycles. The van der Waals surface area contributed by atoms with E-state index in [4.69, 9.17) is 0 Å². The lowest BCUT2D eigenvalue weighted by molar-refractivity contribution is 0.624. The molecular weight excluding hydrogens is 410 g/mol. The van der Waals surface area contributed by atoms with Crippen molar-refractivity contribution in [3.8, 4) is 23.7 Å². The molecule has 2 heteroatoms. The minimum atomic E-state index is -0.400. The smallest absolute Gasteiger partial charge is 0.140 e. The maximum Gasteiger partial charge on any atom is 0.140 e. The fourth-order valence-electron chi connectivity index (χ4n) is 3.61. The highest BCUT2D eigenvalue weighted by Crippen LogP contribution is 2.17. The van der Waals surface area contributed by atoms with Crippen molar-refractivity contribution in [1.29, 1.82) is 0 Å². The fourth-order valence-corrected chi connectivity index (χ4v) is 3.61. The molecule has 33 heavy (non-hydrogen) atoms. The van der Waals surface area contributed by atoms with Gasteiger partial charge in [0, 0.05) is 16.7 Å². The summed E-state index contributed by atoms with van der Waals surface area (Å²) < 4.78 is 27.9. The summed E-state index contributed by atoms with van der Waals surface area (Å²) in [4.78, 5) is 0. The minimum absolute atomic E-state index is 0.272. The first kappa shape index (κ1) is 22.3. The molecule has 162 valence electrons. The fraction of sp³-hybridized carbons (Fsp3) is 0.161. The largest absolute Gasteiger partial charge is 0.207 e. The van der Waals surface area contributed by atoms with Gasteiger partial charge in [-0.25, -0.2) is 8.78 Å². The van der Waals surface area contributed by atoms with Crippen LogP contribution < -0.4 is 0 Å². The Bertz CT molecular complexity index is 1390. The van der Waals surface area contributed by atoms with Gasteiger partial charge in [0.2, 0.25) is 0 Å². The van der Waals surface area contributed by atoms with Gasteiger partial charge in [-0.05, 0) is 83.8 Å². The molecule has 0 aromatic heterocycles. The van der Waals surface area contributed by atoms with E-state index in [2.05, 4.69) is 42.7 Å². The molecule has 4 aromatic rings. The SMILES string of the molecule is CCCCCc1ccc(C#Cc2ccc(C#Cc3ccc4cc(F)ccc4c3)c(F)c2)cc1. The van der Waals surface area contributed by atoms with E-state index in [1.807, 2.05) is 30.3 Å². The third-order valence-corrected chi connectivity index (χ3v) is 5.49. The van der Waals surface area contributed by atoms with Crippen molar-refractivity contribution in [3.05, 3.63) is 118 Å². The van der Waals surface area contributed by atoms with Gasteiger partial charge in [0.05, 0.1) is 5.56 Å². The number of fused-ring (bicyclic) bond motifs is 1. The predicted octanol–water partition coefficient (Wildman–Crippen LogP) is 7.65. The van der Waals surface area contributed by atoms with Crippen LogP contribution in [0, 0.1) is 35.3 Å². The Labute approximate surface area is 194 Å². The molecule has 4 aromatic carbocycles. The van der Waals surface area contributed by atoms with Crippen LogP contribution in [0.1, 0.15) is 54.0 Å². The van der Waals surface area contributed by atoms with Crippen LogP contribution in [0.3, 0.4) is 0 Å². The zero-order chi connectivity index (χ0) is 23.0. The van der Waals surface area contributed by atoms with E-state index in [0.717, 1.165) is 28.3 Å². The van der Waals surface area contributed by atoms with E-state index in [9.17, 15) is 8.78 Å². The zero-order valence-corrected chi connectivity index (χ0v) is 18.6. The van der Waals surface area contributed by atoms with Crippen molar-refractivity contribution in [2.24, 2.45) is 0 Å². The van der Waals surface area contributed by atoms with Crippen LogP contribution >= 0.6 is 0 Å². The Morgan fingerprint density at radius 3 is 2.03 bits per heavy atom. The van der Waals surface area contributed by atoms with Gasteiger partial charge in [-0.3, -0.25) is 0 Å². The lowest BCUT2D eigenvalue weighted by Gasteiger charge is -2.00. The first-order valence-electron chi connectivity index (χ1n) is 11.2. The van der Waals surface area contributed by atoms with E-state index in [1.165, 1.54) is 43.0 Å². The summed E-state index contributed by atoms with van der Waals surface area (Å²) in [5.74, 6) is 11.3. The van der Waals surface area contributed by atoms with Gasteiger partial charge in [-0.1, -0.05) is 67.7 Å². The number of unbranched alkanes of at least 4 members (excludes halogenated alkanes) is 2. The Hall–Kier alpha value is -3.88. The molecule has 0 aliphatic heterocycles. The molecule has 0 fully saturated rings. The van der Waals surface area contributed by atoms with Crippen molar-refractivity contribution >= 4 is 10.8 Å². The molecule has 0 aliphatic carbocycles. The number of benzene rings is 4. The molecule has 0 aliphatic rings. The third-order valence-electron chi connectivity index (χ3n) is 5.49. The second kappa shape index (κ2) is 10.6. The minimum Gasteiger partial charge on any atom is -0.207 e. The van der Waals surface area contributed by atoms with Gasteiger partial charge < -0.3 is 0 Å². The summed E-state index contributed by atoms with van der Waals surface area (Å²) in [5.41, 5.74) is 3.90. The van der Waals surface area contributed by atoms with Crippen LogP contribution in [-0.2, 0) is 6.42 Å². The van der Waals surface area contributed by atoms with Gasteiger partial charge in [0.15, 0.2) is 0 Å². The molecule has 0 saturated carbocycles. The van der Waals surface area contributed by atoms with E-state index in [0.29, 0.717) is 11.1 Å². The molecule has 0 N–H and O–H groups in total. The summed E-state index contributed by atoms with van der Waals surface area (Å²) in [6, 6.07) is 23.2. The first-order valence-corrected chi connectivity index (χ1v) is 11.2. The topological polar surface area (TPSA) is 0 Å². The lowest BCUT2D eigenvalue weighted by Crippen LogP contribution is -1.87. The number of hydrogen-bond acceptors (Lipinski definition) is 0. The number of rotatable bonds is 4. The molecule has 0 atom stereocenters. The van der Waals surface area contributed by atoms with Gasteiger partial charge >= 0.3 is 0 Å². The second-order valence-corrected chi connectivity index (χ2v) is 8.05. The van der Waals surface area contributed by atoms with E-state index in [1.54, 1.807) is 18.2 Å². The molecule has 4 rings (SSSR count). The lowest BCUT2D eigenvalue weighted by atomic mass is 10.0. The molecule has 0 spiro atoms. The third kappa shape index (κ3) is 6.09. The second-order valence-electron chi connectivity index (χ2n) is 8.05. The molecular formula is C31H24F2. The van der Waals surface area contributed by atoms with Crippen LogP contribution in [0.15, 0.2) is 78.9 Å². The normalized spacial score (nSPS) is 10.3. The molecule has 0 heterocycles. The Balaban J connectivity index is 1.46. The van der Waals surface area contributed by atoms with Crippen molar-refractivity contribution in [2.45, 2.75) is 32.6 Å². The highest BCUT2D eigenvalue weighted by Gasteiger charge is 2.01. The standard InChI is InChI=1S/C31H24F2/c1-2-3-4-5-23-6-8-24(9-7-23)10-11-26-13-16-27(31(33)21-26)15-12-25-14-17-29-22-30(32)19-18-28(29)20-25/h6-9,13-14,16-22H,2-5H2,1H3. The maximum absolute atomic E-state index is 14.6. The van der Waals surface area contributed by atoms with Crippen LogP contribution in [-0.4, -0.2) is 0 Å². The predicted molar refractivity (Wildman–Crippen MR) is 132 cm³/mol. The van der Waals surface area contributed by atoms with Gasteiger partial charge in [-0.15, -0.1) is 0 Å². The van der Waals surface area contributed by atoms with Crippen LogP contribution in [0.5, 0.6) is 0 Å². The summed E-state index contributed by atoms with van der Waals surface area (Å²) in [6.45, 7) is 2.20. The highest BCUT2D eigenvalue weighted by atomic mass is 19.1. The number of aryl methyl sites for hydroxylation is 1. The van der Waals surface area contributed by atoms with Crippen molar-refractivity contribution < 1.29 is 8.78 Å². The number of halogens is 2. The van der Waals surface area contributed by atoms with Crippen LogP contribution in [0.2, 0.25) is 0 Å². The van der Waals surface area contributed by atoms with E-state index in [-0.39, 0.29) is 5.82 Å². The van der Waals surface area contributed by atoms with E-state index >= 15 is 0 Å². The monoisotopic (exact) mass is 434 g/mol. The van der Waals surface area contributed by atoms with Gasteiger partial charge in [0.25, 0.3) is 0 Å². The molecule has 0 bridgehead atoms. The molecule has 0 unspecified atom stereocenters. The molecule has 0 amide bonds. The summed E-state index contributed by atoms with van der Waals surface area (Å²) in [7, 11) is 0. The van der Waals surface area contributed by atoms with Crippen molar-refractivity contribution in [3.63, 3.8) is 0 Å². The van der Waals surface area contributed by atoms with Crippen molar-refractivity contribution in [2.75, 3.05) is 0 Å². The Kier molecular flexibility index (Phi) is 7.19. The van der Waals surface area contributed by atoms with Crippen molar-refractivity contribution in [1.82, 2.24) is 0 Å². The maximum atomic E-state index is 14.6. The zero-order valence-electron chi connectivity index (χ0n) is 18.6. The van der Waals surface area contributed by atoms with E-state index < -0.39 is 5.82 Å². The summed E-state index contributed by atoms with van der Waals surface area (Å²) in [6.07, 6.45) is 4.76. The van der Waals surface area contributed by atoms with Crippen LogP contribution in [0.4, 0.5) is 8.78 Å². The molecule has 0 nitrogen and oxygen atoms in total. The van der Waals surface area contributed by atoms with Gasteiger partial charge in [-0.2, -0.15) is 0 Å². The summed E-state index contributed by atoms with van der Waals surface area (Å²) >= 11 is 0. The molecule has 0 radical (unpaired) electrons. The summed E-state index contributed by atoms with van der Waals surface area (Å²) in [5, 5.41) is 1.70. The van der Waals surface area contributed by atoms with Gasteiger partial charge in [0.1, 0.15) is 11.6 Å². The highest BCUT2D eigenvalue weighted by molar-refractivity contribution is 5.84.